The molecule has 2 aromatic carbocycles. The highest BCUT2D eigenvalue weighted by atomic mass is 32.2. The van der Waals surface area contributed by atoms with E-state index >= 15 is 0 Å². The van der Waals surface area contributed by atoms with Gasteiger partial charge in [-0.15, -0.1) is 11.3 Å². The molecule has 0 saturated heterocycles. The Labute approximate surface area is 197 Å². The summed E-state index contributed by atoms with van der Waals surface area (Å²) in [4.78, 5) is 5.45. The van der Waals surface area contributed by atoms with Gasteiger partial charge in [0.1, 0.15) is 10.8 Å². The fourth-order valence-corrected chi connectivity index (χ4v) is 6.24. The lowest BCUT2D eigenvalue weighted by atomic mass is 10.1. The molecule has 0 aliphatic rings. The Balaban J connectivity index is 1.86. The zero-order valence-electron chi connectivity index (χ0n) is 19.3. The van der Waals surface area contributed by atoms with E-state index in [9.17, 15) is 13.2 Å². The van der Waals surface area contributed by atoms with Crippen LogP contribution in [0.2, 0.25) is 18.1 Å². The molecule has 0 amide bonds. The molecular weight excluding hydrogens is 467 g/mol. The normalized spacial score (nSPS) is 12.8. The second kappa shape index (κ2) is 8.87. The standard InChI is InChI=1S/C24H28F3NOS2Si/c1-15-14-17(12-13-20(15)29-32(6,7)23(3,4)5)30-22-16(2)28-21(31-22)18-10-8-9-11-19(18)24(25,26)27/h8-14H,1-7H3. The second-order valence-corrected chi connectivity index (χ2v) is 16.4. The van der Waals surface area contributed by atoms with Crippen LogP contribution in [-0.4, -0.2) is 13.3 Å². The third kappa shape index (κ3) is 5.40. The quantitative estimate of drug-likeness (QED) is 0.330. The number of halogens is 3. The van der Waals surface area contributed by atoms with Crippen LogP contribution in [-0.2, 0) is 6.18 Å². The number of rotatable bonds is 5. The highest BCUT2D eigenvalue weighted by molar-refractivity contribution is 8.01. The summed E-state index contributed by atoms with van der Waals surface area (Å²) in [5, 5.41) is 0.489. The smallest absolute Gasteiger partial charge is 0.417 e. The predicted octanol–water partition coefficient (Wildman–Crippen LogP) is 8.98. The summed E-state index contributed by atoms with van der Waals surface area (Å²) >= 11 is 2.81. The number of alkyl halides is 3. The van der Waals surface area contributed by atoms with Crippen molar-refractivity contribution in [2.45, 2.75) is 68.0 Å². The summed E-state index contributed by atoms with van der Waals surface area (Å²) in [7, 11) is -1.94. The van der Waals surface area contributed by atoms with Crippen molar-refractivity contribution in [2.75, 3.05) is 0 Å². The van der Waals surface area contributed by atoms with Gasteiger partial charge in [0.2, 0.25) is 8.32 Å². The van der Waals surface area contributed by atoms with Crippen molar-refractivity contribution < 1.29 is 17.6 Å². The number of hydrogen-bond acceptors (Lipinski definition) is 4. The summed E-state index contributed by atoms with van der Waals surface area (Å²) in [5.41, 5.74) is 1.23. The first-order valence-electron chi connectivity index (χ1n) is 10.3. The fourth-order valence-electron chi connectivity index (χ4n) is 2.84. The van der Waals surface area contributed by atoms with E-state index in [2.05, 4.69) is 44.9 Å². The zero-order chi connectivity index (χ0) is 23.9. The molecule has 1 aromatic heterocycles. The highest BCUT2D eigenvalue weighted by Crippen LogP contribution is 2.44. The molecule has 0 bridgehead atoms. The topological polar surface area (TPSA) is 22.1 Å². The van der Waals surface area contributed by atoms with E-state index in [1.807, 2.05) is 26.0 Å². The Morgan fingerprint density at radius 1 is 1.00 bits per heavy atom. The lowest BCUT2D eigenvalue weighted by Gasteiger charge is -2.37. The summed E-state index contributed by atoms with van der Waals surface area (Å²) in [5.74, 6) is 0.891. The van der Waals surface area contributed by atoms with E-state index in [4.69, 9.17) is 4.43 Å². The first-order valence-corrected chi connectivity index (χ1v) is 14.8. The van der Waals surface area contributed by atoms with Crippen LogP contribution in [0.3, 0.4) is 0 Å². The van der Waals surface area contributed by atoms with Gasteiger partial charge in [-0.2, -0.15) is 13.2 Å². The Kier molecular flexibility index (Phi) is 6.89. The first-order chi connectivity index (χ1) is 14.7. The van der Waals surface area contributed by atoms with Crippen LogP contribution in [0.1, 0.15) is 37.6 Å². The van der Waals surface area contributed by atoms with Crippen LogP contribution < -0.4 is 4.43 Å². The number of benzene rings is 2. The van der Waals surface area contributed by atoms with Crippen molar-refractivity contribution >= 4 is 31.4 Å². The molecule has 172 valence electrons. The minimum Gasteiger partial charge on any atom is -0.543 e. The third-order valence-corrected chi connectivity index (χ3v) is 12.5. The summed E-state index contributed by atoms with van der Waals surface area (Å²) in [6, 6.07) is 11.7. The average molecular weight is 496 g/mol. The van der Waals surface area contributed by atoms with Crippen molar-refractivity contribution in [1.29, 1.82) is 0 Å². The van der Waals surface area contributed by atoms with Crippen molar-refractivity contribution in [1.82, 2.24) is 4.98 Å². The molecule has 0 unspecified atom stereocenters. The SMILES string of the molecule is Cc1cc(Sc2sc(-c3ccccc3C(F)(F)F)nc2C)ccc1O[Si](C)(C)C(C)(C)C. The van der Waals surface area contributed by atoms with Gasteiger partial charge in [-0.25, -0.2) is 4.98 Å². The van der Waals surface area contributed by atoms with E-state index in [1.165, 1.54) is 35.2 Å². The summed E-state index contributed by atoms with van der Waals surface area (Å²) in [6.45, 7) is 14.9. The average Bonchev–Trinajstić information content (AvgIpc) is 3.03. The fraction of sp³-hybridized carbons (Fsp3) is 0.375. The van der Waals surface area contributed by atoms with Crippen molar-refractivity contribution in [2.24, 2.45) is 0 Å². The third-order valence-electron chi connectivity index (χ3n) is 5.75. The maximum Gasteiger partial charge on any atom is 0.417 e. The number of aromatic nitrogens is 1. The van der Waals surface area contributed by atoms with E-state index in [0.717, 1.165) is 32.2 Å². The predicted molar refractivity (Wildman–Crippen MR) is 130 cm³/mol. The summed E-state index contributed by atoms with van der Waals surface area (Å²) in [6.07, 6.45) is -4.42. The minimum atomic E-state index is -4.42. The van der Waals surface area contributed by atoms with Gasteiger partial charge in [-0.3, -0.25) is 0 Å². The maximum atomic E-state index is 13.4. The molecule has 0 fully saturated rings. The van der Waals surface area contributed by atoms with Gasteiger partial charge in [0.15, 0.2) is 0 Å². The van der Waals surface area contributed by atoms with Gasteiger partial charge < -0.3 is 4.43 Å². The summed E-state index contributed by atoms with van der Waals surface area (Å²) < 4.78 is 47.6. The van der Waals surface area contributed by atoms with Crippen LogP contribution in [0.5, 0.6) is 5.75 Å². The monoisotopic (exact) mass is 495 g/mol. The molecule has 0 saturated carbocycles. The van der Waals surface area contributed by atoms with Gasteiger partial charge in [-0.1, -0.05) is 50.7 Å². The van der Waals surface area contributed by atoms with Crippen LogP contribution >= 0.6 is 23.1 Å². The highest BCUT2D eigenvalue weighted by Gasteiger charge is 2.39. The first kappa shape index (κ1) is 24.9. The number of aryl methyl sites for hydroxylation is 2. The molecule has 32 heavy (non-hydrogen) atoms. The molecule has 2 nitrogen and oxygen atoms in total. The zero-order valence-corrected chi connectivity index (χ0v) is 22.0. The second-order valence-electron chi connectivity index (χ2n) is 9.33. The number of hydrogen-bond donors (Lipinski definition) is 0. The number of nitrogens with zero attached hydrogens (tertiary/aromatic N) is 1. The lowest BCUT2D eigenvalue weighted by molar-refractivity contribution is -0.137. The van der Waals surface area contributed by atoms with Gasteiger partial charge >= 0.3 is 6.18 Å². The molecule has 3 aromatic rings. The molecule has 0 aliphatic heterocycles. The Morgan fingerprint density at radius 3 is 2.25 bits per heavy atom. The van der Waals surface area contributed by atoms with Crippen LogP contribution in [0.4, 0.5) is 13.2 Å². The van der Waals surface area contributed by atoms with E-state index in [0.29, 0.717) is 5.01 Å². The van der Waals surface area contributed by atoms with Crippen LogP contribution in [0, 0.1) is 13.8 Å². The Hall–Kier alpha value is -1.77. The number of thiazole rings is 1. The Morgan fingerprint density at radius 2 is 1.66 bits per heavy atom. The van der Waals surface area contributed by atoms with E-state index in [-0.39, 0.29) is 10.6 Å². The Bertz CT molecular complexity index is 1120. The van der Waals surface area contributed by atoms with Gasteiger partial charge in [0.25, 0.3) is 0 Å². The van der Waals surface area contributed by atoms with Crippen molar-refractivity contribution in [3.63, 3.8) is 0 Å². The molecule has 8 heteroatoms. The van der Waals surface area contributed by atoms with E-state index in [1.54, 1.807) is 6.07 Å². The van der Waals surface area contributed by atoms with Gasteiger partial charge in [0, 0.05) is 10.5 Å². The van der Waals surface area contributed by atoms with Crippen molar-refractivity contribution in [3.8, 4) is 16.3 Å². The van der Waals surface area contributed by atoms with Crippen LogP contribution in [0.25, 0.3) is 10.6 Å². The molecule has 0 aliphatic carbocycles. The molecule has 0 N–H and O–H groups in total. The minimum absolute atomic E-state index is 0.107. The van der Waals surface area contributed by atoms with E-state index < -0.39 is 20.1 Å². The molecule has 3 rings (SSSR count). The molecule has 0 spiro atoms. The largest absolute Gasteiger partial charge is 0.543 e. The molecular formula is C24H28F3NOS2Si. The van der Waals surface area contributed by atoms with Gasteiger partial charge in [0.05, 0.1) is 15.5 Å². The lowest BCUT2D eigenvalue weighted by Crippen LogP contribution is -2.44. The molecule has 0 atom stereocenters. The maximum absolute atomic E-state index is 13.4. The molecule has 0 radical (unpaired) electrons. The van der Waals surface area contributed by atoms with Gasteiger partial charge in [-0.05, 0) is 61.8 Å². The van der Waals surface area contributed by atoms with Crippen molar-refractivity contribution in [3.05, 3.63) is 59.3 Å². The molecule has 1 heterocycles. The van der Waals surface area contributed by atoms with Crippen LogP contribution in [0.15, 0.2) is 51.6 Å².